The van der Waals surface area contributed by atoms with Crippen LogP contribution >= 0.6 is 11.8 Å². The van der Waals surface area contributed by atoms with E-state index in [2.05, 4.69) is 10.2 Å². The molecular weight excluding hydrogens is 262 g/mol. The summed E-state index contributed by atoms with van der Waals surface area (Å²) < 4.78 is 5.90. The largest absolute Gasteiger partial charge is 0.378 e. The van der Waals surface area contributed by atoms with E-state index in [0.29, 0.717) is 11.7 Å². The van der Waals surface area contributed by atoms with Crippen LogP contribution in [0.1, 0.15) is 23.7 Å². The average molecular weight is 279 g/mol. The summed E-state index contributed by atoms with van der Waals surface area (Å²) in [5.74, 6) is 1.10. The van der Waals surface area contributed by atoms with Crippen LogP contribution in [0.5, 0.6) is 0 Å². The Bertz CT molecular complexity index is 462. The highest BCUT2D eigenvalue weighted by Crippen LogP contribution is 2.46. The van der Waals surface area contributed by atoms with Gasteiger partial charge in [0.25, 0.3) is 5.91 Å². The van der Waals surface area contributed by atoms with Gasteiger partial charge in [0.2, 0.25) is 0 Å². The quantitative estimate of drug-likeness (QED) is 0.832. The normalized spacial score (nSPS) is 24.5. The van der Waals surface area contributed by atoms with Crippen molar-refractivity contribution in [2.24, 2.45) is 0 Å². The predicted molar refractivity (Wildman–Crippen MR) is 73.2 cm³/mol. The van der Waals surface area contributed by atoms with Gasteiger partial charge in [0.05, 0.1) is 28.8 Å². The van der Waals surface area contributed by atoms with Gasteiger partial charge in [-0.15, -0.1) is 11.8 Å². The number of hydrogen-bond acceptors (Lipinski definition) is 5. The topological polar surface area (TPSA) is 55.3 Å². The van der Waals surface area contributed by atoms with Crippen molar-refractivity contribution in [1.82, 2.24) is 15.1 Å². The summed E-state index contributed by atoms with van der Waals surface area (Å²) in [5, 5.41) is 7.44. The molecule has 0 saturated carbocycles. The second kappa shape index (κ2) is 5.09. The monoisotopic (exact) mass is 279 g/mol. The molecule has 0 radical (unpaired) electrons. The van der Waals surface area contributed by atoms with Crippen LogP contribution in [0, 0.1) is 0 Å². The molecule has 0 unspecified atom stereocenters. The molecule has 2 fully saturated rings. The fourth-order valence-corrected chi connectivity index (χ4v) is 4.31. The number of rotatable bonds is 3. The molecule has 1 aromatic rings. The van der Waals surface area contributed by atoms with E-state index in [1.807, 2.05) is 23.6 Å². The molecular formula is C13H17N3O2S. The SMILES string of the molecule is CCO[C@H]1CSC2(C1)CN(C(=O)c1ccnnc1)C2. The molecule has 5 nitrogen and oxygen atoms in total. The van der Waals surface area contributed by atoms with Crippen LogP contribution in [0.15, 0.2) is 18.5 Å². The Balaban J connectivity index is 1.57. The van der Waals surface area contributed by atoms with Gasteiger partial charge in [0.1, 0.15) is 0 Å². The van der Waals surface area contributed by atoms with Crippen LogP contribution < -0.4 is 0 Å². The zero-order valence-electron chi connectivity index (χ0n) is 10.9. The first-order chi connectivity index (χ1) is 9.22. The molecule has 2 aliphatic rings. The molecule has 2 saturated heterocycles. The Morgan fingerprint density at radius 2 is 2.42 bits per heavy atom. The van der Waals surface area contributed by atoms with E-state index in [9.17, 15) is 4.79 Å². The highest BCUT2D eigenvalue weighted by atomic mass is 32.2. The summed E-state index contributed by atoms with van der Waals surface area (Å²) in [6.45, 7) is 4.44. The van der Waals surface area contributed by atoms with Gasteiger partial charge in [0.15, 0.2) is 0 Å². The second-order valence-electron chi connectivity index (χ2n) is 5.07. The number of amides is 1. The maximum absolute atomic E-state index is 12.2. The van der Waals surface area contributed by atoms with Crippen molar-refractivity contribution in [1.29, 1.82) is 0 Å². The molecule has 0 aromatic carbocycles. The third-order valence-corrected chi connectivity index (χ3v) is 5.23. The summed E-state index contributed by atoms with van der Waals surface area (Å²) in [6, 6.07) is 1.71. The van der Waals surface area contributed by atoms with Gasteiger partial charge >= 0.3 is 0 Å². The minimum Gasteiger partial charge on any atom is -0.378 e. The lowest BCUT2D eigenvalue weighted by atomic mass is 9.92. The standard InChI is InChI=1S/C13H17N3O2S/c1-2-18-11-5-13(19-7-11)8-16(9-13)12(17)10-3-4-14-15-6-10/h3-4,6,11H,2,5,7-9H2,1H3/t11-/m1/s1. The smallest absolute Gasteiger partial charge is 0.255 e. The number of carbonyl (C=O) groups is 1. The summed E-state index contributed by atoms with van der Waals surface area (Å²) in [5.41, 5.74) is 0.620. The number of nitrogens with zero attached hydrogens (tertiary/aromatic N) is 3. The third kappa shape index (κ3) is 2.47. The molecule has 102 valence electrons. The molecule has 0 bridgehead atoms. The van der Waals surface area contributed by atoms with Crippen molar-refractivity contribution in [2.75, 3.05) is 25.4 Å². The van der Waals surface area contributed by atoms with Gasteiger partial charge in [-0.2, -0.15) is 10.2 Å². The van der Waals surface area contributed by atoms with Gasteiger partial charge in [-0.1, -0.05) is 0 Å². The second-order valence-corrected chi connectivity index (χ2v) is 6.56. The summed E-state index contributed by atoms with van der Waals surface area (Å²) in [6.07, 6.45) is 4.50. The van der Waals surface area contributed by atoms with Crippen molar-refractivity contribution < 1.29 is 9.53 Å². The van der Waals surface area contributed by atoms with E-state index in [-0.39, 0.29) is 10.7 Å². The van der Waals surface area contributed by atoms with E-state index >= 15 is 0 Å². The first-order valence-corrected chi connectivity index (χ1v) is 7.52. The number of likely N-dealkylation sites (tertiary alicyclic amines) is 1. The van der Waals surface area contributed by atoms with Crippen molar-refractivity contribution in [3.8, 4) is 0 Å². The number of carbonyl (C=O) groups excluding carboxylic acids is 1. The minimum atomic E-state index is 0.0565. The molecule has 19 heavy (non-hydrogen) atoms. The molecule has 3 heterocycles. The average Bonchev–Trinajstić information content (AvgIpc) is 2.82. The summed E-state index contributed by atoms with van der Waals surface area (Å²) >= 11 is 1.95. The molecule has 0 N–H and O–H groups in total. The van der Waals surface area contributed by atoms with Gasteiger partial charge in [-0.05, 0) is 19.4 Å². The Labute approximate surface area is 116 Å². The highest BCUT2D eigenvalue weighted by molar-refractivity contribution is 8.01. The lowest BCUT2D eigenvalue weighted by molar-refractivity contribution is 0.0358. The molecule has 6 heteroatoms. The van der Waals surface area contributed by atoms with Crippen LogP contribution in [0.2, 0.25) is 0 Å². The van der Waals surface area contributed by atoms with Crippen molar-refractivity contribution in [2.45, 2.75) is 24.2 Å². The first kappa shape index (κ1) is 12.9. The molecule has 2 aliphatic heterocycles. The molecule has 0 aliphatic carbocycles. The molecule has 3 rings (SSSR count). The van der Waals surface area contributed by atoms with Gasteiger partial charge in [-0.25, -0.2) is 0 Å². The maximum Gasteiger partial charge on any atom is 0.255 e. The third-order valence-electron chi connectivity index (χ3n) is 3.65. The zero-order chi connectivity index (χ0) is 13.3. The van der Waals surface area contributed by atoms with Crippen molar-refractivity contribution in [3.05, 3.63) is 24.0 Å². The summed E-state index contributed by atoms with van der Waals surface area (Å²) in [4.78, 5) is 14.1. The minimum absolute atomic E-state index is 0.0565. The molecule has 1 spiro atoms. The van der Waals surface area contributed by atoms with Crippen LogP contribution in [0.4, 0.5) is 0 Å². The van der Waals surface area contributed by atoms with Crippen molar-refractivity contribution >= 4 is 17.7 Å². The first-order valence-electron chi connectivity index (χ1n) is 6.54. The molecule has 1 atom stereocenters. The number of ether oxygens (including phenoxy) is 1. The van der Waals surface area contributed by atoms with E-state index < -0.39 is 0 Å². The highest BCUT2D eigenvalue weighted by Gasteiger charge is 2.50. The lowest BCUT2D eigenvalue weighted by Crippen LogP contribution is -2.60. The van der Waals surface area contributed by atoms with Crippen LogP contribution in [0.3, 0.4) is 0 Å². The van der Waals surface area contributed by atoms with Crippen LogP contribution in [-0.2, 0) is 4.74 Å². The van der Waals surface area contributed by atoms with E-state index in [1.54, 1.807) is 12.3 Å². The number of hydrogen-bond donors (Lipinski definition) is 0. The molecule has 1 amide bonds. The molecule has 1 aromatic heterocycles. The van der Waals surface area contributed by atoms with E-state index in [4.69, 9.17) is 4.74 Å². The van der Waals surface area contributed by atoms with Gasteiger partial charge in [-0.3, -0.25) is 4.79 Å². The van der Waals surface area contributed by atoms with Crippen LogP contribution in [0.25, 0.3) is 0 Å². The Kier molecular flexibility index (Phi) is 3.45. The Hall–Kier alpha value is -1.14. The van der Waals surface area contributed by atoms with Crippen LogP contribution in [-0.4, -0.2) is 57.3 Å². The number of aromatic nitrogens is 2. The zero-order valence-corrected chi connectivity index (χ0v) is 11.7. The van der Waals surface area contributed by atoms with Crippen molar-refractivity contribution in [3.63, 3.8) is 0 Å². The van der Waals surface area contributed by atoms with E-state index in [1.165, 1.54) is 6.20 Å². The fourth-order valence-electron chi connectivity index (χ4n) is 2.76. The fraction of sp³-hybridized carbons (Fsp3) is 0.615. The Morgan fingerprint density at radius 3 is 3.11 bits per heavy atom. The van der Waals surface area contributed by atoms with Gasteiger partial charge in [0, 0.05) is 25.4 Å². The Morgan fingerprint density at radius 1 is 1.58 bits per heavy atom. The maximum atomic E-state index is 12.2. The van der Waals surface area contributed by atoms with Gasteiger partial charge < -0.3 is 9.64 Å². The number of thioether (sulfide) groups is 1. The predicted octanol–water partition coefficient (Wildman–Crippen LogP) is 1.21. The lowest BCUT2D eigenvalue weighted by Gasteiger charge is -2.47. The summed E-state index contributed by atoms with van der Waals surface area (Å²) in [7, 11) is 0. The van der Waals surface area contributed by atoms with E-state index in [0.717, 1.165) is 31.9 Å².